The van der Waals surface area contributed by atoms with Crippen LogP contribution in [0.25, 0.3) is 11.3 Å². The molecular weight excluding hydrogens is 398 g/mol. The van der Waals surface area contributed by atoms with E-state index in [4.69, 9.17) is 16.3 Å². The highest BCUT2D eigenvalue weighted by Gasteiger charge is 2.43. The Bertz CT molecular complexity index is 1110. The van der Waals surface area contributed by atoms with Crippen LogP contribution >= 0.6 is 11.6 Å². The van der Waals surface area contributed by atoms with E-state index in [1.807, 2.05) is 37.3 Å². The van der Waals surface area contributed by atoms with Crippen molar-refractivity contribution in [3.05, 3.63) is 71.0 Å². The smallest absolute Gasteiger partial charge is 0.170 e. The number of Topliss-reactive ketones (excluding diaryl/α,β-unsaturated/α-hetero) is 1. The minimum absolute atomic E-state index is 0.108. The SMILES string of the molecule is Cc1nc(-c2ccccc2)cc(N2CCC3(CC2)CC(=O)c2cc(Cl)ccc2O3)n1. The van der Waals surface area contributed by atoms with Gasteiger partial charge in [0, 0.05) is 42.6 Å². The van der Waals surface area contributed by atoms with E-state index in [1.54, 1.807) is 12.1 Å². The highest BCUT2D eigenvalue weighted by Crippen LogP contribution is 2.40. The summed E-state index contributed by atoms with van der Waals surface area (Å²) in [6, 6.07) is 17.5. The summed E-state index contributed by atoms with van der Waals surface area (Å²) in [5, 5.41) is 0.560. The molecule has 1 saturated heterocycles. The Morgan fingerprint density at radius 2 is 1.80 bits per heavy atom. The van der Waals surface area contributed by atoms with Crippen molar-refractivity contribution in [1.29, 1.82) is 0 Å². The number of aromatic nitrogens is 2. The summed E-state index contributed by atoms with van der Waals surface area (Å²) in [5.74, 6) is 2.43. The van der Waals surface area contributed by atoms with E-state index in [-0.39, 0.29) is 5.78 Å². The zero-order valence-electron chi connectivity index (χ0n) is 16.8. The van der Waals surface area contributed by atoms with Crippen LogP contribution in [-0.2, 0) is 0 Å². The summed E-state index contributed by atoms with van der Waals surface area (Å²) >= 11 is 6.05. The molecular formula is C24H22ClN3O2. The van der Waals surface area contributed by atoms with Gasteiger partial charge in [-0.05, 0) is 25.1 Å². The molecule has 0 saturated carbocycles. The number of piperidine rings is 1. The molecule has 30 heavy (non-hydrogen) atoms. The molecule has 2 aliphatic heterocycles. The van der Waals surface area contributed by atoms with E-state index < -0.39 is 5.60 Å². The summed E-state index contributed by atoms with van der Waals surface area (Å²) in [5.41, 5.74) is 2.15. The van der Waals surface area contributed by atoms with Crippen molar-refractivity contribution in [1.82, 2.24) is 9.97 Å². The Kier molecular flexibility index (Phi) is 4.70. The van der Waals surface area contributed by atoms with Gasteiger partial charge in [-0.15, -0.1) is 0 Å². The van der Waals surface area contributed by atoms with Gasteiger partial charge in [0.05, 0.1) is 17.7 Å². The highest BCUT2D eigenvalue weighted by atomic mass is 35.5. The largest absolute Gasteiger partial charge is 0.486 e. The number of ketones is 1. The van der Waals surface area contributed by atoms with Gasteiger partial charge in [0.1, 0.15) is 23.0 Å². The monoisotopic (exact) mass is 419 g/mol. The van der Waals surface area contributed by atoms with Crippen LogP contribution in [0.5, 0.6) is 5.75 Å². The van der Waals surface area contributed by atoms with E-state index in [0.29, 0.717) is 22.8 Å². The summed E-state index contributed by atoms with van der Waals surface area (Å²) in [6.07, 6.45) is 1.93. The number of hydrogen-bond donors (Lipinski definition) is 0. The summed E-state index contributed by atoms with van der Waals surface area (Å²) in [7, 11) is 0. The van der Waals surface area contributed by atoms with E-state index in [9.17, 15) is 4.79 Å². The summed E-state index contributed by atoms with van der Waals surface area (Å²) in [4.78, 5) is 24.3. The van der Waals surface area contributed by atoms with Crippen LogP contribution in [0.1, 0.15) is 35.4 Å². The molecule has 1 aromatic heterocycles. The molecule has 0 aliphatic carbocycles. The number of carbonyl (C=O) groups excluding carboxylic acids is 1. The Morgan fingerprint density at radius 3 is 2.57 bits per heavy atom. The predicted octanol–water partition coefficient (Wildman–Crippen LogP) is 5.11. The fourth-order valence-electron chi connectivity index (χ4n) is 4.36. The number of hydrogen-bond acceptors (Lipinski definition) is 5. The van der Waals surface area contributed by atoms with Crippen molar-refractivity contribution in [3.63, 3.8) is 0 Å². The van der Waals surface area contributed by atoms with E-state index in [1.165, 1.54) is 0 Å². The average molecular weight is 420 g/mol. The standard InChI is InChI=1S/C24H22ClN3O2/c1-16-26-20(17-5-3-2-4-6-17)14-23(27-16)28-11-9-24(10-12-28)15-21(29)19-13-18(25)7-8-22(19)30-24/h2-8,13-14H,9-12,15H2,1H3. The molecule has 1 fully saturated rings. The van der Waals surface area contributed by atoms with Crippen LogP contribution in [0.3, 0.4) is 0 Å². The maximum Gasteiger partial charge on any atom is 0.170 e. The van der Waals surface area contributed by atoms with Crippen molar-refractivity contribution in [3.8, 4) is 17.0 Å². The lowest BCUT2D eigenvalue weighted by atomic mass is 9.82. The molecule has 1 spiro atoms. The number of aryl methyl sites for hydroxylation is 1. The molecule has 0 atom stereocenters. The Hall–Kier alpha value is -2.92. The van der Waals surface area contributed by atoms with Crippen molar-refractivity contribution in [2.24, 2.45) is 0 Å². The second-order valence-corrected chi connectivity index (χ2v) is 8.47. The van der Waals surface area contributed by atoms with Crippen LogP contribution in [0.2, 0.25) is 5.02 Å². The lowest BCUT2D eigenvalue weighted by molar-refractivity contribution is 0.0231. The van der Waals surface area contributed by atoms with Crippen molar-refractivity contribution >= 4 is 23.2 Å². The normalized spacial score (nSPS) is 17.5. The Morgan fingerprint density at radius 1 is 1.03 bits per heavy atom. The van der Waals surface area contributed by atoms with Gasteiger partial charge in [0.15, 0.2) is 5.78 Å². The van der Waals surface area contributed by atoms with Gasteiger partial charge in [-0.1, -0.05) is 41.9 Å². The average Bonchev–Trinajstić information content (AvgIpc) is 2.75. The lowest BCUT2D eigenvalue weighted by Crippen LogP contribution is -2.51. The zero-order valence-corrected chi connectivity index (χ0v) is 17.5. The molecule has 0 radical (unpaired) electrons. The van der Waals surface area contributed by atoms with Gasteiger partial charge < -0.3 is 9.64 Å². The van der Waals surface area contributed by atoms with Gasteiger partial charge in [-0.2, -0.15) is 0 Å². The fraction of sp³-hybridized carbons (Fsp3) is 0.292. The minimum atomic E-state index is -0.446. The number of halogens is 1. The van der Waals surface area contributed by atoms with Gasteiger partial charge >= 0.3 is 0 Å². The van der Waals surface area contributed by atoms with Crippen LogP contribution in [0.15, 0.2) is 54.6 Å². The Balaban J connectivity index is 1.36. The minimum Gasteiger partial charge on any atom is -0.486 e. The third-order valence-electron chi connectivity index (χ3n) is 5.94. The first-order chi connectivity index (χ1) is 14.5. The molecule has 0 amide bonds. The topological polar surface area (TPSA) is 55.3 Å². The predicted molar refractivity (Wildman–Crippen MR) is 117 cm³/mol. The van der Waals surface area contributed by atoms with Gasteiger partial charge in [0.2, 0.25) is 0 Å². The molecule has 6 heteroatoms. The molecule has 5 nitrogen and oxygen atoms in total. The van der Waals surface area contributed by atoms with Crippen LogP contribution in [-0.4, -0.2) is 34.4 Å². The molecule has 0 bridgehead atoms. The number of anilines is 1. The maximum atomic E-state index is 12.7. The summed E-state index contributed by atoms with van der Waals surface area (Å²) < 4.78 is 6.35. The van der Waals surface area contributed by atoms with Crippen molar-refractivity contribution in [2.75, 3.05) is 18.0 Å². The first-order valence-corrected chi connectivity index (χ1v) is 10.6. The number of carbonyl (C=O) groups is 1. The Labute approximate surface area is 180 Å². The quantitative estimate of drug-likeness (QED) is 0.577. The van der Waals surface area contributed by atoms with Crippen molar-refractivity contribution < 1.29 is 9.53 Å². The maximum absolute atomic E-state index is 12.7. The second-order valence-electron chi connectivity index (χ2n) is 8.04. The molecule has 0 N–H and O–H groups in total. The third kappa shape index (κ3) is 3.54. The highest BCUT2D eigenvalue weighted by molar-refractivity contribution is 6.31. The number of benzene rings is 2. The van der Waals surface area contributed by atoms with Crippen LogP contribution in [0.4, 0.5) is 5.82 Å². The van der Waals surface area contributed by atoms with E-state index >= 15 is 0 Å². The van der Waals surface area contributed by atoms with Gasteiger partial charge in [-0.25, -0.2) is 9.97 Å². The van der Waals surface area contributed by atoms with Gasteiger partial charge in [-0.3, -0.25) is 4.79 Å². The van der Waals surface area contributed by atoms with Crippen LogP contribution < -0.4 is 9.64 Å². The summed E-state index contributed by atoms with van der Waals surface area (Å²) in [6.45, 7) is 3.48. The molecule has 3 heterocycles. The van der Waals surface area contributed by atoms with Crippen molar-refractivity contribution in [2.45, 2.75) is 31.8 Å². The van der Waals surface area contributed by atoms with Gasteiger partial charge in [0.25, 0.3) is 0 Å². The lowest BCUT2D eigenvalue weighted by Gasteiger charge is -2.44. The third-order valence-corrected chi connectivity index (χ3v) is 6.18. The van der Waals surface area contributed by atoms with Crippen LogP contribution in [0, 0.1) is 6.92 Å². The number of ether oxygens (including phenoxy) is 1. The fourth-order valence-corrected chi connectivity index (χ4v) is 4.53. The number of nitrogens with zero attached hydrogens (tertiary/aromatic N) is 3. The number of rotatable bonds is 2. The molecule has 2 aliphatic rings. The zero-order chi connectivity index (χ0) is 20.7. The van der Waals surface area contributed by atoms with E-state index in [0.717, 1.165) is 48.8 Å². The first kappa shape index (κ1) is 19.1. The molecule has 3 aromatic rings. The molecule has 2 aromatic carbocycles. The van der Waals surface area contributed by atoms with E-state index in [2.05, 4.69) is 27.0 Å². The molecule has 5 rings (SSSR count). The molecule has 152 valence electrons. The second kappa shape index (κ2) is 7.40. The molecule has 0 unspecified atom stereocenters. The first-order valence-electron chi connectivity index (χ1n) is 10.2. The number of fused-ring (bicyclic) bond motifs is 1.